The van der Waals surface area contributed by atoms with Gasteiger partial charge in [0.05, 0.1) is 12.1 Å². The van der Waals surface area contributed by atoms with Crippen molar-refractivity contribution >= 4 is 22.4 Å². The number of ether oxygens (including phenoxy) is 2. The van der Waals surface area contributed by atoms with E-state index >= 15 is 0 Å². The molecule has 3 aromatic rings. The maximum Gasteiger partial charge on any atom is 0.231 e. The molecule has 132 valence electrons. The number of hydrogen-bond acceptors (Lipinski definition) is 5. The molecular weight excluding hydrogens is 348 g/mol. The van der Waals surface area contributed by atoms with Crippen LogP contribution in [-0.4, -0.2) is 17.7 Å². The molecule has 1 N–H and O–H groups in total. The van der Waals surface area contributed by atoms with Crippen molar-refractivity contribution in [3.8, 4) is 22.8 Å². The van der Waals surface area contributed by atoms with E-state index in [-0.39, 0.29) is 19.1 Å². The van der Waals surface area contributed by atoms with Crippen LogP contribution in [0.25, 0.3) is 11.3 Å². The number of carbonyl (C=O) groups is 1. The molecule has 2 heterocycles. The first-order valence-electron chi connectivity index (χ1n) is 8.30. The Bertz CT molecular complexity index is 981. The standard InChI is InChI=1S/C20H18N2O3S/c1-12-3-5-15(13(2)7-12)16-10-26-20(21-16)22-19(23)9-14-4-6-17-18(8-14)25-11-24-17/h3-8,10H,9,11H2,1-2H3,(H,21,22,23). The minimum Gasteiger partial charge on any atom is -0.454 e. The third-order valence-corrected chi connectivity index (χ3v) is 4.97. The van der Waals surface area contributed by atoms with E-state index in [2.05, 4.69) is 42.3 Å². The molecule has 0 fully saturated rings. The summed E-state index contributed by atoms with van der Waals surface area (Å²) in [6.07, 6.45) is 0.259. The summed E-state index contributed by atoms with van der Waals surface area (Å²) in [5.41, 5.74) is 5.24. The predicted molar refractivity (Wildman–Crippen MR) is 102 cm³/mol. The van der Waals surface area contributed by atoms with E-state index in [1.54, 1.807) is 0 Å². The lowest BCUT2D eigenvalue weighted by molar-refractivity contribution is -0.115. The summed E-state index contributed by atoms with van der Waals surface area (Å²) in [5.74, 6) is 1.29. The van der Waals surface area contributed by atoms with Crippen molar-refractivity contribution < 1.29 is 14.3 Å². The molecule has 1 aliphatic rings. The molecule has 4 rings (SSSR count). The van der Waals surface area contributed by atoms with Crippen LogP contribution in [0.5, 0.6) is 11.5 Å². The topological polar surface area (TPSA) is 60.5 Å². The Balaban J connectivity index is 1.44. The fourth-order valence-electron chi connectivity index (χ4n) is 2.96. The summed E-state index contributed by atoms with van der Waals surface area (Å²) in [7, 11) is 0. The van der Waals surface area contributed by atoms with Gasteiger partial charge in [-0.15, -0.1) is 11.3 Å². The molecule has 0 saturated heterocycles. The Kier molecular flexibility index (Phi) is 4.34. The molecule has 0 unspecified atom stereocenters. The number of fused-ring (bicyclic) bond motifs is 1. The van der Waals surface area contributed by atoms with Gasteiger partial charge in [-0.2, -0.15) is 0 Å². The summed E-state index contributed by atoms with van der Waals surface area (Å²) in [6, 6.07) is 11.8. The number of rotatable bonds is 4. The summed E-state index contributed by atoms with van der Waals surface area (Å²) in [6.45, 7) is 4.37. The molecule has 6 heteroatoms. The van der Waals surface area contributed by atoms with E-state index in [0.29, 0.717) is 16.6 Å². The van der Waals surface area contributed by atoms with E-state index in [9.17, 15) is 4.79 Å². The first-order chi connectivity index (χ1) is 12.6. The summed E-state index contributed by atoms with van der Waals surface area (Å²) >= 11 is 1.43. The number of hydrogen-bond donors (Lipinski definition) is 1. The van der Waals surface area contributed by atoms with Crippen LogP contribution < -0.4 is 14.8 Å². The minimum absolute atomic E-state index is 0.106. The fourth-order valence-corrected chi connectivity index (χ4v) is 3.68. The minimum atomic E-state index is -0.106. The Morgan fingerprint density at radius 1 is 1.15 bits per heavy atom. The van der Waals surface area contributed by atoms with Crippen molar-refractivity contribution in [2.24, 2.45) is 0 Å². The molecular formula is C20H18N2O3S. The molecule has 0 radical (unpaired) electrons. The fraction of sp³-hybridized carbons (Fsp3) is 0.200. The maximum atomic E-state index is 12.3. The van der Waals surface area contributed by atoms with Crippen molar-refractivity contribution in [2.45, 2.75) is 20.3 Å². The van der Waals surface area contributed by atoms with Crippen LogP contribution in [0.15, 0.2) is 41.8 Å². The van der Waals surface area contributed by atoms with Crippen molar-refractivity contribution in [1.29, 1.82) is 0 Å². The third-order valence-electron chi connectivity index (χ3n) is 4.21. The van der Waals surface area contributed by atoms with Crippen molar-refractivity contribution in [2.75, 3.05) is 12.1 Å². The number of aryl methyl sites for hydroxylation is 2. The number of carbonyl (C=O) groups excluding carboxylic acids is 1. The number of amides is 1. The molecule has 1 aliphatic heterocycles. The molecule has 0 aliphatic carbocycles. The van der Waals surface area contributed by atoms with E-state index in [4.69, 9.17) is 9.47 Å². The average Bonchev–Trinajstić information content (AvgIpc) is 3.23. The van der Waals surface area contributed by atoms with E-state index in [0.717, 1.165) is 16.8 Å². The smallest absolute Gasteiger partial charge is 0.231 e. The van der Waals surface area contributed by atoms with Crippen molar-refractivity contribution in [3.05, 3.63) is 58.5 Å². The lowest BCUT2D eigenvalue weighted by atomic mass is 10.0. The van der Waals surface area contributed by atoms with Gasteiger partial charge in [-0.25, -0.2) is 4.98 Å². The van der Waals surface area contributed by atoms with Gasteiger partial charge in [0, 0.05) is 10.9 Å². The molecule has 5 nitrogen and oxygen atoms in total. The quantitative estimate of drug-likeness (QED) is 0.746. The zero-order valence-corrected chi connectivity index (χ0v) is 15.4. The number of aromatic nitrogens is 1. The van der Waals surface area contributed by atoms with E-state index in [1.165, 1.54) is 22.5 Å². The zero-order valence-electron chi connectivity index (χ0n) is 14.5. The Morgan fingerprint density at radius 3 is 2.85 bits per heavy atom. The van der Waals surface area contributed by atoms with Crippen LogP contribution in [0, 0.1) is 13.8 Å². The largest absolute Gasteiger partial charge is 0.454 e. The number of anilines is 1. The highest BCUT2D eigenvalue weighted by molar-refractivity contribution is 7.14. The average molecular weight is 366 g/mol. The third kappa shape index (κ3) is 3.41. The van der Waals surface area contributed by atoms with Crippen molar-refractivity contribution in [3.63, 3.8) is 0 Å². The van der Waals surface area contributed by atoms with Gasteiger partial charge < -0.3 is 14.8 Å². The second-order valence-electron chi connectivity index (χ2n) is 6.27. The number of benzene rings is 2. The zero-order chi connectivity index (χ0) is 18.1. The normalized spacial score (nSPS) is 12.2. The molecule has 0 saturated carbocycles. The molecule has 1 amide bonds. The number of nitrogens with zero attached hydrogens (tertiary/aromatic N) is 1. The van der Waals surface area contributed by atoms with Crippen molar-refractivity contribution in [1.82, 2.24) is 4.98 Å². The van der Waals surface area contributed by atoms with Crippen LogP contribution in [0.3, 0.4) is 0 Å². The highest BCUT2D eigenvalue weighted by atomic mass is 32.1. The highest BCUT2D eigenvalue weighted by Gasteiger charge is 2.15. The molecule has 0 atom stereocenters. The SMILES string of the molecule is Cc1ccc(-c2csc(NC(=O)Cc3ccc4c(c3)OCO4)n2)c(C)c1. The van der Waals surface area contributed by atoms with Crippen LogP contribution in [-0.2, 0) is 11.2 Å². The van der Waals surface area contributed by atoms with Gasteiger partial charge >= 0.3 is 0 Å². The molecule has 26 heavy (non-hydrogen) atoms. The Labute approximate surface area is 155 Å². The highest BCUT2D eigenvalue weighted by Crippen LogP contribution is 2.33. The Hall–Kier alpha value is -2.86. The lowest BCUT2D eigenvalue weighted by Crippen LogP contribution is -2.14. The second kappa shape index (κ2) is 6.80. The Morgan fingerprint density at radius 2 is 2.00 bits per heavy atom. The van der Waals surface area contributed by atoms with Gasteiger partial charge in [0.2, 0.25) is 12.7 Å². The van der Waals surface area contributed by atoms with Crippen LogP contribution in [0.4, 0.5) is 5.13 Å². The monoisotopic (exact) mass is 366 g/mol. The molecule has 1 aromatic heterocycles. The first kappa shape index (κ1) is 16.6. The molecule has 2 aromatic carbocycles. The van der Waals surface area contributed by atoms with Crippen LogP contribution >= 0.6 is 11.3 Å². The van der Waals surface area contributed by atoms with Gasteiger partial charge in [-0.1, -0.05) is 29.8 Å². The van der Waals surface area contributed by atoms with Gasteiger partial charge in [-0.3, -0.25) is 4.79 Å². The van der Waals surface area contributed by atoms with Gasteiger partial charge in [0.15, 0.2) is 16.6 Å². The van der Waals surface area contributed by atoms with Gasteiger partial charge in [0.1, 0.15) is 0 Å². The van der Waals surface area contributed by atoms with Gasteiger partial charge in [-0.05, 0) is 37.1 Å². The molecule has 0 bridgehead atoms. The maximum absolute atomic E-state index is 12.3. The van der Waals surface area contributed by atoms with Crippen LogP contribution in [0.1, 0.15) is 16.7 Å². The van der Waals surface area contributed by atoms with Crippen LogP contribution in [0.2, 0.25) is 0 Å². The molecule has 0 spiro atoms. The number of thiazole rings is 1. The summed E-state index contributed by atoms with van der Waals surface area (Å²) < 4.78 is 10.6. The summed E-state index contributed by atoms with van der Waals surface area (Å²) in [5, 5.41) is 5.44. The first-order valence-corrected chi connectivity index (χ1v) is 9.18. The second-order valence-corrected chi connectivity index (χ2v) is 7.13. The van der Waals surface area contributed by atoms with Gasteiger partial charge in [0.25, 0.3) is 0 Å². The lowest BCUT2D eigenvalue weighted by Gasteiger charge is -2.04. The van der Waals surface area contributed by atoms with E-state index < -0.39 is 0 Å². The predicted octanol–water partition coefficient (Wildman–Crippen LogP) is 4.34. The summed E-state index contributed by atoms with van der Waals surface area (Å²) in [4.78, 5) is 16.9. The van der Waals surface area contributed by atoms with E-state index in [1.807, 2.05) is 23.6 Å². The number of nitrogens with one attached hydrogen (secondary N) is 1.